The second-order valence-electron chi connectivity index (χ2n) is 5.00. The van der Waals surface area contributed by atoms with E-state index in [0.717, 1.165) is 18.6 Å². The average molecular weight is 244 g/mol. The van der Waals surface area contributed by atoms with Gasteiger partial charge in [0.2, 0.25) is 0 Å². The van der Waals surface area contributed by atoms with E-state index in [0.29, 0.717) is 6.61 Å². The van der Waals surface area contributed by atoms with Gasteiger partial charge in [-0.05, 0) is 64.3 Å². The molecule has 0 spiro atoms. The van der Waals surface area contributed by atoms with Crippen LogP contribution in [0, 0.1) is 6.92 Å². The van der Waals surface area contributed by atoms with E-state index in [1.807, 2.05) is 12.1 Å². The van der Waals surface area contributed by atoms with Crippen LogP contribution in [0.25, 0.3) is 0 Å². The third kappa shape index (κ3) is 6.29. The van der Waals surface area contributed by atoms with Crippen molar-refractivity contribution in [3.05, 3.63) is 53.1 Å². The second kappa shape index (κ2) is 7.75. The molecule has 0 heterocycles. The maximum atomic E-state index is 5.69. The summed E-state index contributed by atoms with van der Waals surface area (Å²) in [6.07, 6.45) is 6.68. The molecule has 98 valence electrons. The lowest BCUT2D eigenvalue weighted by atomic mass is 10.1. The average Bonchev–Trinajstić information content (AvgIpc) is 2.28. The van der Waals surface area contributed by atoms with E-state index in [-0.39, 0.29) is 0 Å². The topological polar surface area (TPSA) is 9.23 Å². The van der Waals surface area contributed by atoms with Gasteiger partial charge in [0.05, 0.1) is 0 Å². The highest BCUT2D eigenvalue weighted by Crippen LogP contribution is 2.13. The van der Waals surface area contributed by atoms with Crippen molar-refractivity contribution in [2.45, 2.75) is 40.5 Å². The quantitative estimate of drug-likeness (QED) is 0.635. The van der Waals surface area contributed by atoms with Gasteiger partial charge in [-0.1, -0.05) is 29.4 Å². The Bertz CT molecular complexity index is 423. The van der Waals surface area contributed by atoms with Crippen molar-refractivity contribution in [1.82, 2.24) is 0 Å². The molecular formula is C17H24O. The molecule has 0 amide bonds. The van der Waals surface area contributed by atoms with Crippen molar-refractivity contribution in [2.24, 2.45) is 0 Å². The van der Waals surface area contributed by atoms with Crippen LogP contribution in [0.5, 0.6) is 5.75 Å². The largest absolute Gasteiger partial charge is 0.490 e. The van der Waals surface area contributed by atoms with Crippen LogP contribution in [0.15, 0.2) is 47.6 Å². The number of aryl methyl sites for hydroxylation is 1. The predicted octanol–water partition coefficient (Wildman–Crippen LogP) is 5.07. The van der Waals surface area contributed by atoms with Crippen molar-refractivity contribution >= 4 is 0 Å². The van der Waals surface area contributed by atoms with Gasteiger partial charge in [-0.15, -0.1) is 0 Å². The highest BCUT2D eigenvalue weighted by Gasteiger charge is 1.93. The van der Waals surface area contributed by atoms with Crippen LogP contribution in [-0.4, -0.2) is 6.61 Å². The van der Waals surface area contributed by atoms with Crippen LogP contribution in [0.4, 0.5) is 0 Å². The summed E-state index contributed by atoms with van der Waals surface area (Å²) in [5, 5.41) is 0. The number of hydrogen-bond donors (Lipinski definition) is 0. The predicted molar refractivity (Wildman–Crippen MR) is 79.1 cm³/mol. The van der Waals surface area contributed by atoms with Gasteiger partial charge in [-0.25, -0.2) is 0 Å². The van der Waals surface area contributed by atoms with E-state index in [2.05, 4.69) is 52.0 Å². The Balaban J connectivity index is 2.33. The first-order chi connectivity index (χ1) is 8.58. The summed E-state index contributed by atoms with van der Waals surface area (Å²) in [6.45, 7) is 9.18. The second-order valence-corrected chi connectivity index (χ2v) is 5.00. The summed E-state index contributed by atoms with van der Waals surface area (Å²) in [6, 6.07) is 8.16. The van der Waals surface area contributed by atoms with Gasteiger partial charge in [0.25, 0.3) is 0 Å². The Hall–Kier alpha value is -1.50. The minimum atomic E-state index is 0.657. The van der Waals surface area contributed by atoms with Gasteiger partial charge < -0.3 is 4.74 Å². The van der Waals surface area contributed by atoms with Crippen LogP contribution in [0.3, 0.4) is 0 Å². The molecule has 0 aliphatic heterocycles. The normalized spacial score (nSPS) is 11.2. The van der Waals surface area contributed by atoms with Crippen molar-refractivity contribution in [2.75, 3.05) is 6.61 Å². The molecule has 0 unspecified atom stereocenters. The summed E-state index contributed by atoms with van der Waals surface area (Å²) in [5.74, 6) is 0.948. The first-order valence-electron chi connectivity index (χ1n) is 6.56. The third-order valence-corrected chi connectivity index (χ3v) is 2.76. The molecule has 0 aromatic heterocycles. The van der Waals surface area contributed by atoms with E-state index in [9.17, 15) is 0 Å². The Morgan fingerprint density at radius 1 is 1.17 bits per heavy atom. The molecule has 0 saturated carbocycles. The van der Waals surface area contributed by atoms with E-state index >= 15 is 0 Å². The van der Waals surface area contributed by atoms with E-state index in [4.69, 9.17) is 4.74 Å². The summed E-state index contributed by atoms with van der Waals surface area (Å²) in [4.78, 5) is 0. The SMILES string of the molecule is CC(C)=CCCC(C)=CCOc1cccc(C)c1. The molecule has 0 aliphatic carbocycles. The van der Waals surface area contributed by atoms with Crippen LogP contribution in [0.1, 0.15) is 39.2 Å². The van der Waals surface area contributed by atoms with E-state index in [1.165, 1.54) is 16.7 Å². The molecule has 1 aromatic rings. The molecule has 18 heavy (non-hydrogen) atoms. The zero-order valence-electron chi connectivity index (χ0n) is 12.0. The highest BCUT2D eigenvalue weighted by molar-refractivity contribution is 5.27. The molecule has 1 heteroatoms. The van der Waals surface area contributed by atoms with Crippen LogP contribution in [-0.2, 0) is 0 Å². The first kappa shape index (κ1) is 14.6. The fourth-order valence-electron chi connectivity index (χ4n) is 1.68. The van der Waals surface area contributed by atoms with E-state index in [1.54, 1.807) is 0 Å². The molecule has 0 fully saturated rings. The fraction of sp³-hybridized carbons (Fsp3) is 0.412. The molecule has 0 N–H and O–H groups in total. The van der Waals surface area contributed by atoms with Gasteiger partial charge in [0.15, 0.2) is 0 Å². The fourth-order valence-corrected chi connectivity index (χ4v) is 1.68. The number of allylic oxidation sites excluding steroid dienone is 3. The van der Waals surface area contributed by atoms with E-state index < -0.39 is 0 Å². The maximum Gasteiger partial charge on any atom is 0.120 e. The number of rotatable bonds is 6. The highest BCUT2D eigenvalue weighted by atomic mass is 16.5. The van der Waals surface area contributed by atoms with Crippen molar-refractivity contribution < 1.29 is 4.74 Å². The molecule has 0 aliphatic rings. The standard InChI is InChI=1S/C17H24O/c1-14(2)7-5-8-15(3)11-12-18-17-10-6-9-16(4)13-17/h6-7,9-11,13H,5,8,12H2,1-4H3. The summed E-state index contributed by atoms with van der Waals surface area (Å²) in [7, 11) is 0. The molecule has 0 radical (unpaired) electrons. The molecule has 1 aromatic carbocycles. The maximum absolute atomic E-state index is 5.69. The van der Waals surface area contributed by atoms with Gasteiger partial charge in [-0.3, -0.25) is 0 Å². The first-order valence-corrected chi connectivity index (χ1v) is 6.56. The monoisotopic (exact) mass is 244 g/mol. The van der Waals surface area contributed by atoms with Gasteiger partial charge in [0, 0.05) is 0 Å². The van der Waals surface area contributed by atoms with Crippen molar-refractivity contribution in [1.29, 1.82) is 0 Å². The molecule has 1 rings (SSSR count). The minimum Gasteiger partial charge on any atom is -0.490 e. The number of hydrogen-bond acceptors (Lipinski definition) is 1. The van der Waals surface area contributed by atoms with Gasteiger partial charge in [0.1, 0.15) is 12.4 Å². The molecule has 0 saturated heterocycles. The molecule has 0 bridgehead atoms. The third-order valence-electron chi connectivity index (χ3n) is 2.76. The smallest absolute Gasteiger partial charge is 0.120 e. The molecule has 1 nitrogen and oxygen atoms in total. The Kier molecular flexibility index (Phi) is 6.27. The lowest BCUT2D eigenvalue weighted by Gasteiger charge is -2.05. The number of benzene rings is 1. The summed E-state index contributed by atoms with van der Waals surface area (Å²) >= 11 is 0. The van der Waals surface area contributed by atoms with Crippen LogP contribution < -0.4 is 4.74 Å². The van der Waals surface area contributed by atoms with Crippen molar-refractivity contribution in [3.63, 3.8) is 0 Å². The van der Waals surface area contributed by atoms with Gasteiger partial charge in [-0.2, -0.15) is 0 Å². The lowest BCUT2D eigenvalue weighted by Crippen LogP contribution is -1.94. The Morgan fingerprint density at radius 3 is 2.61 bits per heavy atom. The zero-order valence-corrected chi connectivity index (χ0v) is 12.0. The van der Waals surface area contributed by atoms with Crippen LogP contribution in [0.2, 0.25) is 0 Å². The number of ether oxygens (including phenoxy) is 1. The van der Waals surface area contributed by atoms with Gasteiger partial charge >= 0.3 is 0 Å². The minimum absolute atomic E-state index is 0.657. The zero-order chi connectivity index (χ0) is 13.4. The summed E-state index contributed by atoms with van der Waals surface area (Å²) in [5.41, 5.74) is 4.01. The van der Waals surface area contributed by atoms with Crippen LogP contribution >= 0.6 is 0 Å². The lowest BCUT2D eigenvalue weighted by molar-refractivity contribution is 0.361. The Morgan fingerprint density at radius 2 is 1.94 bits per heavy atom. The Labute approximate surface area is 111 Å². The van der Waals surface area contributed by atoms with Crippen molar-refractivity contribution in [3.8, 4) is 5.75 Å². The summed E-state index contributed by atoms with van der Waals surface area (Å²) < 4.78 is 5.69. The molecular weight excluding hydrogens is 220 g/mol. The molecule has 0 atom stereocenters.